The number of rotatable bonds is 17. The number of nitrogen functional groups attached to an aromatic ring is 1. The Morgan fingerprint density at radius 1 is 0.806 bits per heavy atom. The van der Waals surface area contributed by atoms with Gasteiger partial charge in [-0.05, 0) is 96.8 Å². The molecule has 67 heavy (non-hydrogen) atoms. The zero-order valence-electron chi connectivity index (χ0n) is 37.5. The number of nitrogens with two attached hydrogens (primary N) is 1. The minimum atomic E-state index is -4.99. The van der Waals surface area contributed by atoms with Gasteiger partial charge >= 0.3 is 6.09 Å². The maximum atomic E-state index is 16.0. The van der Waals surface area contributed by atoms with Crippen LogP contribution in [0.4, 0.5) is 10.7 Å². The van der Waals surface area contributed by atoms with Gasteiger partial charge in [0, 0.05) is 25.2 Å². The summed E-state index contributed by atoms with van der Waals surface area (Å²) in [6.45, 7) is 4.15. The molecule has 0 radical (unpaired) electrons. The quantitative estimate of drug-likeness (QED) is 0.0932. The second kappa shape index (κ2) is 19.5. The van der Waals surface area contributed by atoms with E-state index in [0.29, 0.717) is 28.4 Å². The lowest BCUT2D eigenvalue weighted by atomic mass is 9.96. The third-order valence-corrected chi connectivity index (χ3v) is 14.1. The van der Waals surface area contributed by atoms with Crippen molar-refractivity contribution in [3.05, 3.63) is 119 Å². The molecule has 0 saturated carbocycles. The van der Waals surface area contributed by atoms with Crippen molar-refractivity contribution < 1.29 is 40.6 Å². The number of aromatic nitrogens is 6. The number of H-pyrrole nitrogens is 1. The van der Waals surface area contributed by atoms with Gasteiger partial charge in [-0.3, -0.25) is 0 Å². The Hall–Kier alpha value is -7.54. The number of amides is 1. The van der Waals surface area contributed by atoms with Gasteiger partial charge in [0.1, 0.15) is 33.8 Å². The van der Waals surface area contributed by atoms with E-state index in [4.69, 9.17) is 24.7 Å². The first-order valence-corrected chi connectivity index (χ1v) is 23.7. The van der Waals surface area contributed by atoms with E-state index in [-0.39, 0.29) is 64.7 Å². The largest absolute Gasteiger partial charge is 0.497 e. The zero-order valence-corrected chi connectivity index (χ0v) is 39.1. The van der Waals surface area contributed by atoms with Crippen LogP contribution in [-0.2, 0) is 44.2 Å². The second-order valence-corrected chi connectivity index (χ2v) is 20.1. The van der Waals surface area contributed by atoms with E-state index in [1.54, 1.807) is 107 Å². The number of sulfone groups is 1. The van der Waals surface area contributed by atoms with E-state index in [2.05, 4.69) is 36.8 Å². The lowest BCUT2D eigenvalue weighted by Crippen LogP contribution is -2.35. The van der Waals surface area contributed by atoms with Crippen LogP contribution in [-0.4, -0.2) is 96.6 Å². The molecular formula is C46H48N10O9S2. The van der Waals surface area contributed by atoms with Crippen LogP contribution >= 0.6 is 0 Å². The van der Waals surface area contributed by atoms with Gasteiger partial charge in [-0.15, -0.1) is 10.2 Å². The Kier molecular flexibility index (Phi) is 13.8. The topological polar surface area (TPSA) is 260 Å². The predicted octanol–water partition coefficient (Wildman–Crippen LogP) is 6.10. The van der Waals surface area contributed by atoms with Crippen molar-refractivity contribution in [2.24, 2.45) is 0 Å². The van der Waals surface area contributed by atoms with Crippen molar-refractivity contribution in [1.29, 1.82) is 5.26 Å². The van der Waals surface area contributed by atoms with Crippen LogP contribution in [0.3, 0.4) is 0 Å². The number of hydrogen-bond acceptors (Lipinski definition) is 15. The fourth-order valence-electron chi connectivity index (χ4n) is 7.17. The van der Waals surface area contributed by atoms with Crippen LogP contribution in [0.15, 0.2) is 107 Å². The van der Waals surface area contributed by atoms with Crippen molar-refractivity contribution in [1.82, 2.24) is 39.8 Å². The highest BCUT2D eigenvalue weighted by Crippen LogP contribution is 2.43. The van der Waals surface area contributed by atoms with Crippen LogP contribution in [0.5, 0.6) is 17.2 Å². The summed E-state index contributed by atoms with van der Waals surface area (Å²) in [4.78, 5) is 20.0. The van der Waals surface area contributed by atoms with Gasteiger partial charge in [0.25, 0.3) is 0 Å². The minimum Gasteiger partial charge on any atom is -0.497 e. The molecule has 7 aromatic rings. The Labute approximate surface area is 387 Å². The molecule has 21 heteroatoms. The molecule has 0 saturated heterocycles. The number of methoxy groups -OCH3 is 3. The molecule has 0 unspecified atom stereocenters. The molecule has 2 heterocycles. The molecule has 0 atom stereocenters. The first-order chi connectivity index (χ1) is 31.9. The average molecular weight is 949 g/mol. The third kappa shape index (κ3) is 10.8. The highest BCUT2D eigenvalue weighted by molar-refractivity contribution is 7.93. The molecule has 0 fully saturated rings. The Balaban J connectivity index is 1.50. The molecule has 4 N–H and O–H groups in total. The Bertz CT molecular complexity index is 3130. The van der Waals surface area contributed by atoms with Crippen LogP contribution < -0.4 is 25.3 Å². The number of hydrogen-bond donors (Lipinski definition) is 3. The molecule has 0 aliphatic carbocycles. The van der Waals surface area contributed by atoms with Crippen LogP contribution in [0.25, 0.3) is 33.5 Å². The molecule has 7 rings (SSSR count). The Morgan fingerprint density at radius 2 is 1.36 bits per heavy atom. The maximum absolute atomic E-state index is 16.0. The number of sulfonamides is 1. The van der Waals surface area contributed by atoms with Gasteiger partial charge < -0.3 is 35.0 Å². The summed E-state index contributed by atoms with van der Waals surface area (Å²) in [7, 11) is -5.06. The maximum Gasteiger partial charge on any atom is 0.407 e. The lowest BCUT2D eigenvalue weighted by Gasteiger charge is -2.26. The number of fused-ring (bicyclic) bond motifs is 1. The highest BCUT2D eigenvalue weighted by Gasteiger charge is 2.38. The van der Waals surface area contributed by atoms with Gasteiger partial charge in [-0.25, -0.2) is 26.6 Å². The molecule has 1 amide bonds. The molecule has 5 aromatic carbocycles. The number of benzene rings is 5. The molecule has 19 nitrogen and oxygen atoms in total. The monoisotopic (exact) mass is 948 g/mol. The SMILES string of the molecule is COc1ccc(CN(Cc2ccc(OC)cc2)S(=O)(=O)c2c(S(=O)(=O)CCNC(=O)OC(C)(C)C)ccc(-c3ccc(C#N)c4[nH]c(N)nc34)c2-c2nnn(Cc3ccc(OC)cc3)n2)cc1. The normalized spacial score (nSPS) is 11.9. The fourth-order valence-corrected chi connectivity index (χ4v) is 10.8. The molecule has 0 bridgehead atoms. The van der Waals surface area contributed by atoms with Crippen LogP contribution in [0.2, 0.25) is 0 Å². The smallest absolute Gasteiger partial charge is 0.407 e. The number of nitrogens with one attached hydrogen (secondary N) is 2. The summed E-state index contributed by atoms with van der Waals surface area (Å²) in [5.74, 6) is 0.677. The Morgan fingerprint density at radius 3 is 1.90 bits per heavy atom. The standard InChI is InChI=1S/C46H48N10O9S2/c1-46(2,3)65-45(57)49-23-24-66(58,59)38-22-21-36(37-20-13-32(25-47)40-41(37)51-44(48)50-40)39(43-52-54-56(53-43)28-31-11-18-35(64-6)19-12-31)42(38)67(60,61)55(26-29-7-14-33(62-4)15-8-29)27-30-9-16-34(63-5)17-10-30/h7-22H,23-24,26-28H2,1-6H3,(H,49,57)(H3,48,50,51). The van der Waals surface area contributed by atoms with E-state index in [9.17, 15) is 18.5 Å². The summed E-state index contributed by atoms with van der Waals surface area (Å²) >= 11 is 0. The number of carbonyl (C=O) groups excluding carboxylic acids is 1. The summed E-state index contributed by atoms with van der Waals surface area (Å²) in [5.41, 5.74) is 7.93. The van der Waals surface area contributed by atoms with Gasteiger partial charge in [-0.2, -0.15) is 14.4 Å². The van der Waals surface area contributed by atoms with Crippen molar-refractivity contribution in [2.45, 2.75) is 55.8 Å². The molecule has 0 aliphatic rings. The van der Waals surface area contributed by atoms with E-state index < -0.39 is 53.6 Å². The van der Waals surface area contributed by atoms with Crippen molar-refractivity contribution >= 4 is 42.9 Å². The lowest BCUT2D eigenvalue weighted by molar-refractivity contribution is 0.0531. The predicted molar refractivity (Wildman–Crippen MR) is 248 cm³/mol. The number of anilines is 1. The van der Waals surface area contributed by atoms with Gasteiger partial charge in [0.2, 0.25) is 15.8 Å². The van der Waals surface area contributed by atoms with E-state index in [1.807, 2.05) is 0 Å². The van der Waals surface area contributed by atoms with Crippen LogP contribution in [0.1, 0.15) is 43.0 Å². The van der Waals surface area contributed by atoms with Gasteiger partial charge in [-0.1, -0.05) is 48.5 Å². The van der Waals surface area contributed by atoms with E-state index in [1.165, 1.54) is 37.2 Å². The molecule has 2 aromatic heterocycles. The number of nitriles is 1. The second-order valence-electron chi connectivity index (χ2n) is 16.1. The van der Waals surface area contributed by atoms with Crippen molar-refractivity contribution in [3.8, 4) is 45.8 Å². The highest BCUT2D eigenvalue weighted by atomic mass is 32.2. The van der Waals surface area contributed by atoms with Gasteiger partial charge in [0.05, 0.1) is 60.7 Å². The number of carbonyl (C=O) groups is 1. The van der Waals surface area contributed by atoms with Gasteiger partial charge in [0.15, 0.2) is 15.8 Å². The van der Waals surface area contributed by atoms with Crippen molar-refractivity contribution in [2.75, 3.05) is 39.4 Å². The molecule has 0 aliphatic heterocycles. The summed E-state index contributed by atoms with van der Waals surface area (Å²) in [5, 5.41) is 25.8. The summed E-state index contributed by atoms with van der Waals surface area (Å²) in [6.07, 6.45) is -0.863. The number of nitrogens with zero attached hydrogens (tertiary/aromatic N) is 7. The summed E-state index contributed by atoms with van der Waals surface area (Å²) < 4.78 is 84.3. The first kappa shape index (κ1) is 47.4. The third-order valence-electron chi connectivity index (χ3n) is 10.4. The number of imidazole rings is 1. The number of aromatic amines is 1. The molecular weight excluding hydrogens is 901 g/mol. The number of tetrazole rings is 1. The number of alkyl carbamates (subject to hydrolysis) is 1. The average Bonchev–Trinajstić information content (AvgIpc) is 3.94. The first-order valence-electron chi connectivity index (χ1n) is 20.7. The van der Waals surface area contributed by atoms with E-state index >= 15 is 8.42 Å². The van der Waals surface area contributed by atoms with Crippen LogP contribution in [0, 0.1) is 11.3 Å². The number of ether oxygens (including phenoxy) is 4. The van der Waals surface area contributed by atoms with Crippen molar-refractivity contribution in [3.63, 3.8) is 0 Å². The molecule has 0 spiro atoms. The molecule has 348 valence electrons. The zero-order chi connectivity index (χ0) is 48.1. The van der Waals surface area contributed by atoms with E-state index in [0.717, 1.165) is 9.87 Å². The fraction of sp³-hybridized carbons (Fsp3) is 0.261. The summed E-state index contributed by atoms with van der Waals surface area (Å²) in [6, 6.07) is 28.5. The minimum absolute atomic E-state index is 0.0289.